The van der Waals surface area contributed by atoms with Gasteiger partial charge in [-0.1, -0.05) is 36.4 Å². The van der Waals surface area contributed by atoms with Crippen LogP contribution in [-0.4, -0.2) is 11.5 Å². The monoisotopic (exact) mass is 296 g/mol. The smallest absolute Gasteiger partial charge is 0.159 e. The second kappa shape index (κ2) is 6.48. The number of carbonyl (C=O) groups is 1. The normalized spacial score (nSPS) is 17.3. The van der Waals surface area contributed by atoms with Gasteiger partial charge in [0.25, 0.3) is 0 Å². The van der Waals surface area contributed by atoms with Crippen molar-refractivity contribution in [3.05, 3.63) is 65.2 Å². The van der Waals surface area contributed by atoms with E-state index in [1.54, 1.807) is 6.92 Å². The zero-order valence-corrected chi connectivity index (χ0v) is 13.2. The Hall–Kier alpha value is -1.54. The van der Waals surface area contributed by atoms with Gasteiger partial charge in [-0.05, 0) is 55.4 Å². The lowest BCUT2D eigenvalue weighted by Gasteiger charge is -2.25. The number of rotatable bonds is 4. The van der Waals surface area contributed by atoms with Gasteiger partial charge in [-0.25, -0.2) is 0 Å². The molecule has 0 saturated heterocycles. The lowest BCUT2D eigenvalue weighted by Crippen LogP contribution is -2.11. The summed E-state index contributed by atoms with van der Waals surface area (Å²) in [5.74, 6) is 1.87. The van der Waals surface area contributed by atoms with Crippen molar-refractivity contribution in [1.82, 2.24) is 0 Å². The summed E-state index contributed by atoms with van der Waals surface area (Å²) < 4.78 is 0. The van der Waals surface area contributed by atoms with Gasteiger partial charge in [0, 0.05) is 16.2 Å². The van der Waals surface area contributed by atoms with E-state index in [4.69, 9.17) is 0 Å². The maximum atomic E-state index is 11.5. The average molecular weight is 296 g/mol. The minimum Gasteiger partial charge on any atom is -0.295 e. The highest BCUT2D eigenvalue weighted by molar-refractivity contribution is 7.99. The summed E-state index contributed by atoms with van der Waals surface area (Å²) in [6.45, 7) is 1.63. The van der Waals surface area contributed by atoms with Crippen LogP contribution in [-0.2, 0) is 6.42 Å². The Bertz CT molecular complexity index is 648. The summed E-state index contributed by atoms with van der Waals surface area (Å²) in [5, 5.41) is 0. The fraction of sp³-hybridized carbons (Fsp3) is 0.316. The van der Waals surface area contributed by atoms with Gasteiger partial charge in [0.2, 0.25) is 0 Å². The third kappa shape index (κ3) is 3.38. The molecule has 3 rings (SSSR count). The molecule has 2 aromatic rings. The van der Waals surface area contributed by atoms with Gasteiger partial charge in [-0.3, -0.25) is 4.79 Å². The van der Waals surface area contributed by atoms with Crippen molar-refractivity contribution in [2.45, 2.75) is 37.0 Å². The standard InChI is InChI=1S/C19H20OS/c1-14(20)16-8-5-10-18(12-16)21-13-17-9-4-7-15-6-2-3-11-19(15)17/h2-3,5-6,8,10-12,17H,4,7,9,13H2,1H3. The lowest BCUT2D eigenvalue weighted by molar-refractivity contribution is 0.101. The molecule has 1 aliphatic rings. The van der Waals surface area contributed by atoms with Gasteiger partial charge < -0.3 is 0 Å². The molecule has 0 bridgehead atoms. The number of ketones is 1. The molecule has 0 spiro atoms. The van der Waals surface area contributed by atoms with E-state index in [1.165, 1.54) is 35.3 Å². The molecule has 0 radical (unpaired) electrons. The molecule has 0 fully saturated rings. The Morgan fingerprint density at radius 3 is 2.90 bits per heavy atom. The zero-order valence-electron chi connectivity index (χ0n) is 12.3. The van der Waals surface area contributed by atoms with Crippen LogP contribution in [0.2, 0.25) is 0 Å². The van der Waals surface area contributed by atoms with Crippen LogP contribution >= 0.6 is 11.8 Å². The predicted octanol–water partition coefficient (Wildman–Crippen LogP) is 5.10. The highest BCUT2D eigenvalue weighted by Gasteiger charge is 2.19. The molecule has 0 aliphatic heterocycles. The Balaban J connectivity index is 1.71. The molecule has 0 saturated carbocycles. The molecule has 0 amide bonds. The van der Waals surface area contributed by atoms with Crippen molar-refractivity contribution in [3.63, 3.8) is 0 Å². The van der Waals surface area contributed by atoms with Gasteiger partial charge in [-0.15, -0.1) is 11.8 Å². The molecule has 0 aromatic heterocycles. The van der Waals surface area contributed by atoms with Gasteiger partial charge in [-0.2, -0.15) is 0 Å². The quantitative estimate of drug-likeness (QED) is 0.576. The minimum absolute atomic E-state index is 0.139. The molecular weight excluding hydrogens is 276 g/mol. The van der Waals surface area contributed by atoms with Crippen molar-refractivity contribution in [3.8, 4) is 0 Å². The lowest BCUT2D eigenvalue weighted by atomic mass is 9.84. The fourth-order valence-corrected chi connectivity index (χ4v) is 4.15. The Kier molecular flexibility index (Phi) is 4.45. The molecule has 108 valence electrons. The van der Waals surface area contributed by atoms with E-state index >= 15 is 0 Å². The Labute approximate surface area is 130 Å². The highest BCUT2D eigenvalue weighted by Crippen LogP contribution is 2.35. The number of hydrogen-bond acceptors (Lipinski definition) is 2. The van der Waals surface area contributed by atoms with E-state index in [1.807, 2.05) is 30.0 Å². The van der Waals surface area contributed by atoms with E-state index in [9.17, 15) is 4.79 Å². The van der Waals surface area contributed by atoms with Crippen molar-refractivity contribution in [2.24, 2.45) is 0 Å². The molecule has 1 unspecified atom stereocenters. The van der Waals surface area contributed by atoms with Crippen LogP contribution in [0.5, 0.6) is 0 Å². The first-order valence-electron chi connectivity index (χ1n) is 7.55. The Morgan fingerprint density at radius 1 is 1.19 bits per heavy atom. The first kappa shape index (κ1) is 14.4. The van der Waals surface area contributed by atoms with Crippen LogP contribution in [0.25, 0.3) is 0 Å². The first-order valence-corrected chi connectivity index (χ1v) is 8.54. The molecule has 1 atom stereocenters. The molecule has 0 N–H and O–H groups in total. The summed E-state index contributed by atoms with van der Waals surface area (Å²) in [6, 6.07) is 16.8. The summed E-state index contributed by atoms with van der Waals surface area (Å²) >= 11 is 1.87. The SMILES string of the molecule is CC(=O)c1cccc(SCC2CCCc3ccccc32)c1. The summed E-state index contributed by atoms with van der Waals surface area (Å²) in [5.41, 5.74) is 3.86. The van der Waals surface area contributed by atoms with Crippen LogP contribution < -0.4 is 0 Å². The molecule has 1 nitrogen and oxygen atoms in total. The average Bonchev–Trinajstić information content (AvgIpc) is 2.53. The zero-order chi connectivity index (χ0) is 14.7. The van der Waals surface area contributed by atoms with Crippen LogP contribution in [0, 0.1) is 0 Å². The van der Waals surface area contributed by atoms with Crippen molar-refractivity contribution in [2.75, 3.05) is 5.75 Å². The second-order valence-electron chi connectivity index (χ2n) is 5.68. The van der Waals surface area contributed by atoms with Crippen LogP contribution in [0.4, 0.5) is 0 Å². The van der Waals surface area contributed by atoms with E-state index in [-0.39, 0.29) is 5.78 Å². The molecule has 2 aromatic carbocycles. The summed E-state index contributed by atoms with van der Waals surface area (Å²) in [7, 11) is 0. The topological polar surface area (TPSA) is 17.1 Å². The molecule has 0 heterocycles. The molecule has 2 heteroatoms. The number of thioether (sulfide) groups is 1. The van der Waals surface area contributed by atoms with Crippen LogP contribution in [0.3, 0.4) is 0 Å². The van der Waals surface area contributed by atoms with Crippen LogP contribution in [0.1, 0.15) is 47.2 Å². The number of benzene rings is 2. The van der Waals surface area contributed by atoms with Crippen LogP contribution in [0.15, 0.2) is 53.4 Å². The minimum atomic E-state index is 0.139. The van der Waals surface area contributed by atoms with Crippen molar-refractivity contribution >= 4 is 17.5 Å². The number of fused-ring (bicyclic) bond motifs is 1. The Morgan fingerprint density at radius 2 is 2.05 bits per heavy atom. The number of carbonyl (C=O) groups excluding carboxylic acids is 1. The largest absolute Gasteiger partial charge is 0.295 e. The van der Waals surface area contributed by atoms with Gasteiger partial charge in [0.1, 0.15) is 0 Å². The molecule has 21 heavy (non-hydrogen) atoms. The summed E-state index contributed by atoms with van der Waals surface area (Å²) in [6.07, 6.45) is 3.78. The predicted molar refractivity (Wildman–Crippen MR) is 89.3 cm³/mol. The second-order valence-corrected chi connectivity index (χ2v) is 6.78. The fourth-order valence-electron chi connectivity index (χ4n) is 3.03. The molecular formula is C19H20OS. The van der Waals surface area contributed by atoms with E-state index in [0.717, 1.165) is 11.3 Å². The van der Waals surface area contributed by atoms with Gasteiger partial charge >= 0.3 is 0 Å². The van der Waals surface area contributed by atoms with Crippen molar-refractivity contribution in [1.29, 1.82) is 0 Å². The maximum absolute atomic E-state index is 11.5. The van der Waals surface area contributed by atoms with Crippen molar-refractivity contribution < 1.29 is 4.79 Å². The third-order valence-corrected chi connectivity index (χ3v) is 5.34. The van der Waals surface area contributed by atoms with E-state index in [0.29, 0.717) is 5.92 Å². The van der Waals surface area contributed by atoms with Gasteiger partial charge in [0.05, 0.1) is 0 Å². The number of hydrogen-bond donors (Lipinski definition) is 0. The third-order valence-electron chi connectivity index (χ3n) is 4.19. The maximum Gasteiger partial charge on any atom is 0.159 e. The van der Waals surface area contributed by atoms with E-state index in [2.05, 4.69) is 30.3 Å². The highest BCUT2D eigenvalue weighted by atomic mass is 32.2. The first-order chi connectivity index (χ1) is 10.2. The molecule has 1 aliphatic carbocycles. The number of aryl methyl sites for hydroxylation is 1. The number of Topliss-reactive ketones (excluding diaryl/α,β-unsaturated/α-hetero) is 1. The van der Waals surface area contributed by atoms with E-state index < -0.39 is 0 Å². The van der Waals surface area contributed by atoms with Gasteiger partial charge in [0.15, 0.2) is 5.78 Å². The summed E-state index contributed by atoms with van der Waals surface area (Å²) in [4.78, 5) is 12.7.